The molecule has 2 N–H and O–H groups in total. The highest BCUT2D eigenvalue weighted by molar-refractivity contribution is 7.84. The summed E-state index contributed by atoms with van der Waals surface area (Å²) in [5.41, 5.74) is 1.08. The Balaban J connectivity index is 1.64. The second-order valence-corrected chi connectivity index (χ2v) is 9.43. The number of hydrogen-bond donors (Lipinski definition) is 2. The van der Waals surface area contributed by atoms with Crippen molar-refractivity contribution in [2.45, 2.75) is 62.3 Å². The zero-order valence-corrected chi connectivity index (χ0v) is 16.2. The predicted octanol–water partition coefficient (Wildman–Crippen LogP) is 4.17. The van der Waals surface area contributed by atoms with Gasteiger partial charge in [0.05, 0.1) is 6.04 Å². The van der Waals surface area contributed by atoms with Crippen molar-refractivity contribution in [1.82, 2.24) is 10.6 Å². The fourth-order valence-electron chi connectivity index (χ4n) is 4.21. The standard InChI is InChI=1S/C19H27ClN2O2S/c1-25(24)17-10-9-16(12-17)21-19(23)22-18(13-5-2-3-6-13)14-7-4-8-15(20)11-14/h4,7-8,11,13,16-18H,2-3,5-6,9-10,12H2,1H3,(H2,21,22,23)/t16?,17?,18-,25?/m0/s1. The lowest BCUT2D eigenvalue weighted by atomic mass is 9.92. The minimum Gasteiger partial charge on any atom is -0.335 e. The SMILES string of the molecule is CS(=O)C1CCC(NC(=O)N[C@H](c2cccc(Cl)c2)C2CCCC2)C1. The average Bonchev–Trinajstić information content (AvgIpc) is 3.24. The molecule has 2 aliphatic rings. The molecule has 4 nitrogen and oxygen atoms in total. The maximum absolute atomic E-state index is 12.6. The van der Waals surface area contributed by atoms with Crippen molar-refractivity contribution >= 4 is 28.4 Å². The second-order valence-electron chi connectivity index (χ2n) is 7.33. The van der Waals surface area contributed by atoms with E-state index in [0.717, 1.165) is 37.7 Å². The molecular formula is C19H27ClN2O2S. The van der Waals surface area contributed by atoms with Gasteiger partial charge in [0.2, 0.25) is 0 Å². The third-order valence-corrected chi connectivity index (χ3v) is 7.16. The molecule has 25 heavy (non-hydrogen) atoms. The fourth-order valence-corrected chi connectivity index (χ4v) is 5.38. The molecular weight excluding hydrogens is 356 g/mol. The van der Waals surface area contributed by atoms with Crippen molar-refractivity contribution in [3.63, 3.8) is 0 Å². The van der Waals surface area contributed by atoms with E-state index < -0.39 is 10.8 Å². The zero-order valence-electron chi connectivity index (χ0n) is 14.7. The van der Waals surface area contributed by atoms with Crippen LogP contribution in [0.5, 0.6) is 0 Å². The van der Waals surface area contributed by atoms with Crippen molar-refractivity contribution < 1.29 is 9.00 Å². The highest BCUT2D eigenvalue weighted by atomic mass is 35.5. The number of hydrogen-bond acceptors (Lipinski definition) is 2. The van der Waals surface area contributed by atoms with Crippen molar-refractivity contribution in [3.8, 4) is 0 Å². The van der Waals surface area contributed by atoms with Gasteiger partial charge in [0.1, 0.15) is 0 Å². The highest BCUT2D eigenvalue weighted by Gasteiger charge is 2.31. The molecule has 3 unspecified atom stereocenters. The smallest absolute Gasteiger partial charge is 0.315 e. The number of benzene rings is 1. The van der Waals surface area contributed by atoms with Gasteiger partial charge in [-0.3, -0.25) is 4.21 Å². The minimum absolute atomic E-state index is 0.00120. The fraction of sp³-hybridized carbons (Fsp3) is 0.632. The summed E-state index contributed by atoms with van der Waals surface area (Å²) in [6.07, 6.45) is 9.10. The van der Waals surface area contributed by atoms with Crippen LogP contribution in [0.4, 0.5) is 4.79 Å². The van der Waals surface area contributed by atoms with Crippen LogP contribution in [0.15, 0.2) is 24.3 Å². The lowest BCUT2D eigenvalue weighted by Gasteiger charge is -2.26. The molecule has 3 rings (SSSR count). The topological polar surface area (TPSA) is 58.2 Å². The average molecular weight is 383 g/mol. The first-order chi connectivity index (χ1) is 12.0. The van der Waals surface area contributed by atoms with E-state index in [-0.39, 0.29) is 23.4 Å². The van der Waals surface area contributed by atoms with Crippen molar-refractivity contribution in [2.24, 2.45) is 5.92 Å². The van der Waals surface area contributed by atoms with Gasteiger partial charge in [-0.25, -0.2) is 4.79 Å². The van der Waals surface area contributed by atoms with E-state index in [4.69, 9.17) is 11.6 Å². The summed E-state index contributed by atoms with van der Waals surface area (Å²) in [5, 5.41) is 7.19. The number of carbonyl (C=O) groups excluding carboxylic acids is 1. The summed E-state index contributed by atoms with van der Waals surface area (Å²) < 4.78 is 11.6. The van der Waals surface area contributed by atoms with Gasteiger partial charge in [-0.2, -0.15) is 0 Å². The maximum Gasteiger partial charge on any atom is 0.315 e. The van der Waals surface area contributed by atoms with Gasteiger partial charge in [0, 0.05) is 33.4 Å². The molecule has 0 radical (unpaired) electrons. The van der Waals surface area contributed by atoms with Crippen molar-refractivity contribution in [2.75, 3.05) is 6.26 Å². The number of carbonyl (C=O) groups is 1. The molecule has 0 bridgehead atoms. The quantitative estimate of drug-likeness (QED) is 0.802. The van der Waals surface area contributed by atoms with Crippen LogP contribution < -0.4 is 10.6 Å². The number of rotatable bonds is 5. The summed E-state index contributed by atoms with van der Waals surface area (Å²) in [6, 6.07) is 7.80. The Bertz CT molecular complexity index is 634. The molecule has 6 heteroatoms. The van der Waals surface area contributed by atoms with E-state index in [9.17, 15) is 9.00 Å². The second kappa shape index (κ2) is 8.54. The summed E-state index contributed by atoms with van der Waals surface area (Å²) in [6.45, 7) is 0. The van der Waals surface area contributed by atoms with Crippen LogP contribution in [-0.2, 0) is 10.8 Å². The third kappa shape index (κ3) is 4.98. The first-order valence-electron chi connectivity index (χ1n) is 9.17. The molecule has 2 fully saturated rings. The van der Waals surface area contributed by atoms with Crippen LogP contribution >= 0.6 is 11.6 Å². The molecule has 4 atom stereocenters. The van der Waals surface area contributed by atoms with Crippen LogP contribution in [0, 0.1) is 5.92 Å². The van der Waals surface area contributed by atoms with E-state index in [1.807, 2.05) is 24.3 Å². The Morgan fingerprint density at radius 2 is 2.00 bits per heavy atom. The lowest BCUT2D eigenvalue weighted by molar-refractivity contribution is 0.227. The van der Waals surface area contributed by atoms with Gasteiger partial charge >= 0.3 is 6.03 Å². The summed E-state index contributed by atoms with van der Waals surface area (Å²) >= 11 is 6.16. The van der Waals surface area contributed by atoms with Crippen LogP contribution in [0.3, 0.4) is 0 Å². The third-order valence-electron chi connectivity index (χ3n) is 5.55. The van der Waals surface area contributed by atoms with Crippen LogP contribution in [0.2, 0.25) is 5.02 Å². The molecule has 0 aromatic heterocycles. The molecule has 0 heterocycles. The Labute approximate surface area is 157 Å². The summed E-state index contributed by atoms with van der Waals surface area (Å²) in [4.78, 5) is 12.6. The highest BCUT2D eigenvalue weighted by Crippen LogP contribution is 2.36. The molecule has 2 aliphatic carbocycles. The first kappa shape index (κ1) is 18.7. The van der Waals surface area contributed by atoms with Crippen LogP contribution in [0.1, 0.15) is 56.6 Å². The van der Waals surface area contributed by atoms with Gasteiger partial charge in [0.25, 0.3) is 0 Å². The summed E-state index contributed by atoms with van der Waals surface area (Å²) in [5.74, 6) is 0.462. The normalized spacial score (nSPS) is 26.3. The van der Waals surface area contributed by atoms with E-state index in [1.54, 1.807) is 6.26 Å². The summed E-state index contributed by atoms with van der Waals surface area (Å²) in [7, 11) is -0.808. The number of nitrogens with one attached hydrogen (secondary N) is 2. The van der Waals surface area contributed by atoms with Crippen LogP contribution in [-0.4, -0.2) is 27.8 Å². The first-order valence-corrected chi connectivity index (χ1v) is 11.2. The van der Waals surface area contributed by atoms with Gasteiger partial charge in [-0.05, 0) is 55.7 Å². The van der Waals surface area contributed by atoms with E-state index in [2.05, 4.69) is 10.6 Å². The zero-order chi connectivity index (χ0) is 17.8. The molecule has 0 spiro atoms. The minimum atomic E-state index is -0.808. The van der Waals surface area contributed by atoms with Gasteiger partial charge in [-0.1, -0.05) is 36.6 Å². The lowest BCUT2D eigenvalue weighted by Crippen LogP contribution is -2.44. The van der Waals surface area contributed by atoms with E-state index in [1.165, 1.54) is 12.8 Å². The predicted molar refractivity (Wildman–Crippen MR) is 103 cm³/mol. The number of halogens is 1. The van der Waals surface area contributed by atoms with E-state index >= 15 is 0 Å². The Hall–Kier alpha value is -1.07. The molecule has 2 saturated carbocycles. The number of amides is 2. The largest absolute Gasteiger partial charge is 0.335 e. The Morgan fingerprint density at radius 3 is 2.64 bits per heavy atom. The Kier molecular flexibility index (Phi) is 6.39. The molecule has 138 valence electrons. The van der Waals surface area contributed by atoms with Crippen molar-refractivity contribution in [3.05, 3.63) is 34.9 Å². The van der Waals surface area contributed by atoms with Gasteiger partial charge in [0.15, 0.2) is 0 Å². The van der Waals surface area contributed by atoms with Gasteiger partial charge in [-0.15, -0.1) is 0 Å². The molecule has 0 saturated heterocycles. The van der Waals surface area contributed by atoms with Crippen molar-refractivity contribution in [1.29, 1.82) is 0 Å². The molecule has 1 aromatic rings. The van der Waals surface area contributed by atoms with E-state index in [0.29, 0.717) is 10.9 Å². The monoisotopic (exact) mass is 382 g/mol. The molecule has 1 aromatic carbocycles. The maximum atomic E-state index is 12.6. The molecule has 0 aliphatic heterocycles. The van der Waals surface area contributed by atoms with Gasteiger partial charge < -0.3 is 10.6 Å². The number of urea groups is 1. The van der Waals surface area contributed by atoms with Crippen LogP contribution in [0.25, 0.3) is 0 Å². The Morgan fingerprint density at radius 1 is 1.24 bits per heavy atom. The molecule has 2 amide bonds.